The van der Waals surface area contributed by atoms with Crippen molar-refractivity contribution in [2.45, 2.75) is 44.2 Å². The first-order valence-corrected chi connectivity index (χ1v) is 10.9. The number of carbonyl (C=O) groups is 1. The van der Waals surface area contributed by atoms with E-state index in [4.69, 9.17) is 4.74 Å². The molecule has 0 bridgehead atoms. The summed E-state index contributed by atoms with van der Waals surface area (Å²) in [4.78, 5) is 20.9. The maximum Gasteiger partial charge on any atom is 0.275 e. The highest BCUT2D eigenvalue weighted by molar-refractivity contribution is 7.13. The Morgan fingerprint density at radius 3 is 2.75 bits per heavy atom. The number of thiazole rings is 1. The van der Waals surface area contributed by atoms with Gasteiger partial charge in [0.25, 0.3) is 5.91 Å². The van der Waals surface area contributed by atoms with Crippen molar-refractivity contribution in [1.29, 1.82) is 0 Å². The average molecular weight is 461 g/mol. The number of anilines is 1. The van der Waals surface area contributed by atoms with Crippen LogP contribution < -0.4 is 5.32 Å². The summed E-state index contributed by atoms with van der Waals surface area (Å²) in [5, 5.41) is 24.5. The Balaban J connectivity index is 1.56. The Labute approximate surface area is 186 Å². The van der Waals surface area contributed by atoms with Crippen LogP contribution in [-0.4, -0.2) is 44.4 Å². The van der Waals surface area contributed by atoms with Gasteiger partial charge >= 0.3 is 0 Å². The van der Waals surface area contributed by atoms with Gasteiger partial charge in [-0.3, -0.25) is 9.78 Å². The topological polar surface area (TPSA) is 105 Å². The van der Waals surface area contributed by atoms with Gasteiger partial charge in [-0.15, -0.1) is 11.3 Å². The molecule has 1 aromatic carbocycles. The molecular weight excluding hydrogens is 440 g/mol. The van der Waals surface area contributed by atoms with E-state index in [1.165, 1.54) is 23.8 Å². The zero-order chi connectivity index (χ0) is 22.8. The summed E-state index contributed by atoms with van der Waals surface area (Å²) in [7, 11) is 0. The summed E-state index contributed by atoms with van der Waals surface area (Å²) in [6.07, 6.45) is 0.587. The Morgan fingerprint density at radius 2 is 2.03 bits per heavy atom. The molecule has 1 amide bonds. The molecule has 2 aromatic heterocycles. The highest BCUT2D eigenvalue weighted by Gasteiger charge is 2.37. The molecule has 3 N–H and O–H groups in total. The van der Waals surface area contributed by atoms with Crippen molar-refractivity contribution in [2.24, 2.45) is 0 Å². The number of hydrogen-bond acceptors (Lipinski definition) is 7. The summed E-state index contributed by atoms with van der Waals surface area (Å²) in [6.45, 7) is 1.84. The van der Waals surface area contributed by atoms with Crippen molar-refractivity contribution in [3.05, 3.63) is 64.9 Å². The Morgan fingerprint density at radius 1 is 1.28 bits per heavy atom. The molecule has 7 nitrogen and oxygen atoms in total. The lowest BCUT2D eigenvalue weighted by molar-refractivity contribution is -0.170. The number of aromatic nitrogens is 2. The SMILES string of the molecule is CCC1OC(c2ccncc2NC(=O)c2csc(-c3c(F)cccc3F)n2)CC(O)C1O. The monoisotopic (exact) mass is 461 g/mol. The van der Waals surface area contributed by atoms with E-state index < -0.39 is 42.0 Å². The molecule has 0 spiro atoms. The summed E-state index contributed by atoms with van der Waals surface area (Å²) in [5.41, 5.74) is 0.655. The van der Waals surface area contributed by atoms with Gasteiger partial charge in [0.05, 0.1) is 35.8 Å². The van der Waals surface area contributed by atoms with Gasteiger partial charge in [0.2, 0.25) is 0 Å². The van der Waals surface area contributed by atoms with Gasteiger partial charge in [-0.2, -0.15) is 0 Å². The molecule has 168 valence electrons. The number of nitrogens with one attached hydrogen (secondary N) is 1. The van der Waals surface area contributed by atoms with Gasteiger partial charge in [0.1, 0.15) is 28.4 Å². The molecule has 10 heteroatoms. The molecule has 1 saturated heterocycles. The predicted octanol–water partition coefficient (Wildman–Crippen LogP) is 3.70. The van der Waals surface area contributed by atoms with Crippen LogP contribution in [0, 0.1) is 11.6 Å². The van der Waals surface area contributed by atoms with Gasteiger partial charge in [0, 0.05) is 23.6 Å². The van der Waals surface area contributed by atoms with Crippen molar-refractivity contribution in [1.82, 2.24) is 9.97 Å². The lowest BCUT2D eigenvalue weighted by Gasteiger charge is -2.37. The molecule has 1 aliphatic rings. The summed E-state index contributed by atoms with van der Waals surface area (Å²) in [6, 6.07) is 5.17. The number of aliphatic hydroxyl groups excluding tert-OH is 2. The second kappa shape index (κ2) is 9.37. The van der Waals surface area contributed by atoms with Gasteiger partial charge in [-0.05, 0) is 24.6 Å². The van der Waals surface area contributed by atoms with E-state index >= 15 is 0 Å². The normalized spacial score (nSPS) is 23.2. The van der Waals surface area contributed by atoms with E-state index in [1.54, 1.807) is 6.07 Å². The second-order valence-electron chi connectivity index (χ2n) is 7.42. The quantitative estimate of drug-likeness (QED) is 0.535. The fourth-order valence-corrected chi connectivity index (χ4v) is 4.51. The molecule has 3 aromatic rings. The van der Waals surface area contributed by atoms with Crippen LogP contribution in [0.15, 0.2) is 42.0 Å². The van der Waals surface area contributed by atoms with E-state index in [0.29, 0.717) is 17.7 Å². The largest absolute Gasteiger partial charge is 0.390 e. The maximum absolute atomic E-state index is 14.0. The molecule has 32 heavy (non-hydrogen) atoms. The van der Waals surface area contributed by atoms with Crippen molar-refractivity contribution >= 4 is 22.9 Å². The number of hydrogen-bond donors (Lipinski definition) is 3. The van der Waals surface area contributed by atoms with Crippen LogP contribution in [0.25, 0.3) is 10.6 Å². The second-order valence-corrected chi connectivity index (χ2v) is 8.27. The average Bonchev–Trinajstić information content (AvgIpc) is 3.26. The van der Waals surface area contributed by atoms with E-state index in [0.717, 1.165) is 23.5 Å². The van der Waals surface area contributed by atoms with E-state index in [9.17, 15) is 23.8 Å². The molecule has 0 radical (unpaired) electrons. The summed E-state index contributed by atoms with van der Waals surface area (Å²) < 4.78 is 34.0. The molecule has 0 aliphatic carbocycles. The molecular formula is C22H21F2N3O4S. The Hall–Kier alpha value is -2.79. The number of carbonyl (C=O) groups excluding carboxylic acids is 1. The van der Waals surface area contributed by atoms with Crippen molar-refractivity contribution in [3.8, 4) is 10.6 Å². The molecule has 4 rings (SSSR count). The third-order valence-electron chi connectivity index (χ3n) is 5.34. The molecule has 1 fully saturated rings. The number of ether oxygens (including phenoxy) is 1. The van der Waals surface area contributed by atoms with Crippen LogP contribution in [0.4, 0.5) is 14.5 Å². The third-order valence-corrected chi connectivity index (χ3v) is 6.20. The van der Waals surface area contributed by atoms with Crippen molar-refractivity contribution in [3.63, 3.8) is 0 Å². The number of benzene rings is 1. The first-order valence-electron chi connectivity index (χ1n) is 10.1. The zero-order valence-electron chi connectivity index (χ0n) is 17.0. The van der Waals surface area contributed by atoms with Crippen LogP contribution in [0.2, 0.25) is 0 Å². The number of rotatable bonds is 5. The lowest BCUT2D eigenvalue weighted by Crippen LogP contribution is -2.45. The molecule has 0 saturated carbocycles. The number of amides is 1. The summed E-state index contributed by atoms with van der Waals surface area (Å²) >= 11 is 0.953. The van der Waals surface area contributed by atoms with Gasteiger partial charge in [-0.1, -0.05) is 13.0 Å². The number of halogens is 2. The zero-order valence-corrected chi connectivity index (χ0v) is 17.9. The van der Waals surface area contributed by atoms with Crippen LogP contribution in [0.5, 0.6) is 0 Å². The van der Waals surface area contributed by atoms with Gasteiger partial charge in [0.15, 0.2) is 0 Å². The molecule has 4 atom stereocenters. The first kappa shape index (κ1) is 22.4. The van der Waals surface area contributed by atoms with Crippen LogP contribution >= 0.6 is 11.3 Å². The highest BCUT2D eigenvalue weighted by atomic mass is 32.1. The Bertz CT molecular complexity index is 1110. The van der Waals surface area contributed by atoms with Crippen LogP contribution in [0.1, 0.15) is 41.9 Å². The van der Waals surface area contributed by atoms with Crippen molar-refractivity contribution < 1.29 is 28.5 Å². The standard InChI is InChI=1S/C22H21F2N3O4S/c1-2-17-20(29)16(28)8-18(31-17)11-6-7-25-9-14(11)26-21(30)15-10-32-22(27-15)19-12(23)4-3-5-13(19)24/h3-7,9-10,16-18,20,28-29H,2,8H2,1H3,(H,26,30). The summed E-state index contributed by atoms with van der Waals surface area (Å²) in [5.74, 6) is -2.11. The van der Waals surface area contributed by atoms with E-state index in [2.05, 4.69) is 15.3 Å². The van der Waals surface area contributed by atoms with E-state index in [1.807, 2.05) is 6.92 Å². The van der Waals surface area contributed by atoms with Gasteiger partial charge in [-0.25, -0.2) is 13.8 Å². The van der Waals surface area contributed by atoms with Crippen LogP contribution in [-0.2, 0) is 4.74 Å². The van der Waals surface area contributed by atoms with Gasteiger partial charge < -0.3 is 20.3 Å². The number of nitrogens with zero attached hydrogens (tertiary/aromatic N) is 2. The third kappa shape index (κ3) is 4.40. The minimum absolute atomic E-state index is 0.00564. The minimum atomic E-state index is -0.983. The number of pyridine rings is 1. The molecule has 4 unspecified atom stereocenters. The smallest absolute Gasteiger partial charge is 0.275 e. The molecule has 1 aliphatic heterocycles. The highest BCUT2D eigenvalue weighted by Crippen LogP contribution is 2.36. The lowest BCUT2D eigenvalue weighted by atomic mass is 9.92. The van der Waals surface area contributed by atoms with Crippen molar-refractivity contribution in [2.75, 3.05) is 5.32 Å². The number of aliphatic hydroxyl groups is 2. The van der Waals surface area contributed by atoms with E-state index in [-0.39, 0.29) is 22.7 Å². The molecule has 3 heterocycles. The first-order chi connectivity index (χ1) is 15.4. The predicted molar refractivity (Wildman–Crippen MR) is 114 cm³/mol. The fraction of sp³-hybridized carbons (Fsp3) is 0.318. The minimum Gasteiger partial charge on any atom is -0.390 e. The maximum atomic E-state index is 14.0. The van der Waals surface area contributed by atoms with Crippen LogP contribution in [0.3, 0.4) is 0 Å². The Kier molecular flexibility index (Phi) is 6.56. The fourth-order valence-electron chi connectivity index (χ4n) is 3.66.